The average Bonchev–Trinajstić information content (AvgIpc) is 2.97. The molecule has 1 aromatic rings. The average molecular weight is 337 g/mol. The molecular weight excluding hydrogens is 310 g/mol. The highest BCUT2D eigenvalue weighted by molar-refractivity contribution is 7.88. The van der Waals surface area contributed by atoms with Crippen molar-refractivity contribution in [3.8, 4) is 0 Å². The van der Waals surface area contributed by atoms with Crippen molar-refractivity contribution in [2.75, 3.05) is 51.2 Å². The number of rotatable bonds is 5. The van der Waals surface area contributed by atoms with Crippen LogP contribution in [0.4, 0.5) is 5.69 Å². The maximum atomic E-state index is 12.7. The molecule has 2 N–H and O–H groups in total. The molecule has 0 radical (unpaired) electrons. The Labute approximate surface area is 139 Å². The first-order chi connectivity index (χ1) is 11.0. The molecule has 0 amide bonds. The summed E-state index contributed by atoms with van der Waals surface area (Å²) in [5, 5.41) is 0. The van der Waals surface area contributed by atoms with E-state index in [0.29, 0.717) is 19.6 Å². The van der Waals surface area contributed by atoms with Gasteiger partial charge in [-0.3, -0.25) is 0 Å². The van der Waals surface area contributed by atoms with Crippen LogP contribution in [0.1, 0.15) is 12.5 Å². The largest absolute Gasteiger partial charge is 0.367 e. The summed E-state index contributed by atoms with van der Waals surface area (Å²) in [5.41, 5.74) is 2.66. The van der Waals surface area contributed by atoms with Crippen molar-refractivity contribution < 1.29 is 4.21 Å². The Morgan fingerprint density at radius 3 is 2.65 bits per heavy atom. The van der Waals surface area contributed by atoms with E-state index < -0.39 is 10.1 Å². The predicted molar refractivity (Wildman–Crippen MR) is 94.9 cm³/mol. The zero-order valence-corrected chi connectivity index (χ0v) is 14.8. The van der Waals surface area contributed by atoms with Crippen molar-refractivity contribution in [1.82, 2.24) is 13.9 Å². The SMILES string of the molecule is CC(CNS(=N)(=O)N1CCN(C)CC1)N1CCc2ccccc21. The Morgan fingerprint density at radius 1 is 1.22 bits per heavy atom. The molecular formula is C16H27N5OS. The molecule has 3 rings (SSSR count). The summed E-state index contributed by atoms with van der Waals surface area (Å²) in [4.78, 5) is 4.55. The summed E-state index contributed by atoms with van der Waals surface area (Å²) >= 11 is 0. The van der Waals surface area contributed by atoms with Crippen LogP contribution in [-0.4, -0.2) is 65.8 Å². The molecule has 2 unspecified atom stereocenters. The summed E-state index contributed by atoms with van der Waals surface area (Å²) in [6.45, 7) is 6.80. The number of piperazine rings is 1. The lowest BCUT2D eigenvalue weighted by molar-refractivity contribution is 0.225. The van der Waals surface area contributed by atoms with Crippen LogP contribution in [0.2, 0.25) is 0 Å². The lowest BCUT2D eigenvalue weighted by atomic mass is 10.2. The first-order valence-electron chi connectivity index (χ1n) is 8.29. The van der Waals surface area contributed by atoms with E-state index in [2.05, 4.69) is 52.8 Å². The van der Waals surface area contributed by atoms with Gasteiger partial charge in [0.05, 0.1) is 0 Å². The fourth-order valence-electron chi connectivity index (χ4n) is 3.30. The highest BCUT2D eigenvalue weighted by Crippen LogP contribution is 2.28. The highest BCUT2D eigenvalue weighted by Gasteiger charge is 2.26. The summed E-state index contributed by atoms with van der Waals surface area (Å²) in [5.74, 6) is 0. The number of hydrogen-bond acceptors (Lipinski definition) is 4. The van der Waals surface area contributed by atoms with Crippen LogP contribution >= 0.6 is 0 Å². The molecule has 0 aliphatic carbocycles. The van der Waals surface area contributed by atoms with E-state index in [-0.39, 0.29) is 6.04 Å². The minimum absolute atomic E-state index is 0.220. The standard InChI is InChI=1S/C16H27N5OS/c1-14(21-8-7-15-5-3-4-6-16(15)21)13-18-23(17,22)20-11-9-19(2)10-12-20/h3-6,14H,7-13H2,1-2H3,(H2,17,18,22). The molecule has 1 fully saturated rings. The normalized spacial score (nSPS) is 23.5. The summed E-state index contributed by atoms with van der Waals surface area (Å²) < 4.78 is 25.6. The molecule has 0 bridgehead atoms. The molecule has 6 nitrogen and oxygen atoms in total. The number of hydrogen-bond donors (Lipinski definition) is 2. The Hall–Kier alpha value is -1.15. The van der Waals surface area contributed by atoms with Gasteiger partial charge >= 0.3 is 0 Å². The Morgan fingerprint density at radius 2 is 1.91 bits per heavy atom. The van der Waals surface area contributed by atoms with E-state index >= 15 is 0 Å². The number of nitrogens with one attached hydrogen (secondary N) is 2. The van der Waals surface area contributed by atoms with Crippen molar-refractivity contribution >= 4 is 15.8 Å². The van der Waals surface area contributed by atoms with E-state index in [4.69, 9.17) is 4.78 Å². The van der Waals surface area contributed by atoms with Crippen LogP contribution < -0.4 is 9.62 Å². The van der Waals surface area contributed by atoms with E-state index in [1.54, 1.807) is 4.31 Å². The van der Waals surface area contributed by atoms with E-state index in [1.807, 2.05) is 0 Å². The number of para-hydroxylation sites is 1. The monoisotopic (exact) mass is 337 g/mol. The fourth-order valence-corrected chi connectivity index (χ4v) is 4.63. The van der Waals surface area contributed by atoms with Gasteiger partial charge in [-0.15, -0.1) is 0 Å². The van der Waals surface area contributed by atoms with Crippen molar-refractivity contribution in [1.29, 1.82) is 4.78 Å². The topological polar surface area (TPSA) is 62.7 Å². The van der Waals surface area contributed by atoms with Crippen LogP contribution in [-0.2, 0) is 16.5 Å². The molecule has 2 aliphatic heterocycles. The van der Waals surface area contributed by atoms with Crippen LogP contribution in [0.15, 0.2) is 24.3 Å². The number of nitrogens with zero attached hydrogens (tertiary/aromatic N) is 3. The molecule has 128 valence electrons. The van der Waals surface area contributed by atoms with Gasteiger partial charge in [-0.25, -0.2) is 18.0 Å². The molecule has 2 heterocycles. The van der Waals surface area contributed by atoms with E-state index in [9.17, 15) is 4.21 Å². The number of benzene rings is 1. The highest BCUT2D eigenvalue weighted by atomic mass is 32.2. The minimum Gasteiger partial charge on any atom is -0.367 e. The summed E-state index contributed by atoms with van der Waals surface area (Å²) in [6, 6.07) is 8.69. The van der Waals surface area contributed by atoms with Crippen molar-refractivity contribution in [3.63, 3.8) is 0 Å². The van der Waals surface area contributed by atoms with Gasteiger partial charge in [0.2, 0.25) is 0 Å². The molecule has 23 heavy (non-hydrogen) atoms. The first kappa shape index (κ1) is 16.7. The molecule has 0 spiro atoms. The smallest absolute Gasteiger partial charge is 0.172 e. The second-order valence-electron chi connectivity index (χ2n) is 6.53. The summed E-state index contributed by atoms with van der Waals surface area (Å²) in [7, 11) is -0.820. The van der Waals surface area contributed by atoms with Gasteiger partial charge in [0, 0.05) is 51.0 Å². The zero-order valence-electron chi connectivity index (χ0n) is 14.0. The van der Waals surface area contributed by atoms with Gasteiger partial charge < -0.3 is 9.80 Å². The Bertz CT molecular complexity index is 640. The maximum Gasteiger partial charge on any atom is 0.172 e. The van der Waals surface area contributed by atoms with E-state index in [0.717, 1.165) is 26.1 Å². The van der Waals surface area contributed by atoms with Crippen LogP contribution in [0.3, 0.4) is 0 Å². The van der Waals surface area contributed by atoms with Gasteiger partial charge in [0.25, 0.3) is 0 Å². The lowest BCUT2D eigenvalue weighted by Crippen LogP contribution is -2.52. The maximum absolute atomic E-state index is 12.7. The Balaban J connectivity index is 1.58. The van der Waals surface area contributed by atoms with Gasteiger partial charge in [-0.2, -0.15) is 0 Å². The number of anilines is 1. The van der Waals surface area contributed by atoms with Gasteiger partial charge in [0.15, 0.2) is 10.1 Å². The molecule has 0 saturated carbocycles. The van der Waals surface area contributed by atoms with Gasteiger partial charge in [0.1, 0.15) is 0 Å². The minimum atomic E-state index is -2.88. The molecule has 2 atom stereocenters. The first-order valence-corrected chi connectivity index (χ1v) is 9.80. The van der Waals surface area contributed by atoms with Crippen molar-refractivity contribution in [2.45, 2.75) is 19.4 Å². The number of likely N-dealkylation sites (N-methyl/N-ethyl adjacent to an activating group) is 1. The van der Waals surface area contributed by atoms with Gasteiger partial charge in [-0.1, -0.05) is 18.2 Å². The van der Waals surface area contributed by atoms with Crippen molar-refractivity contribution in [2.24, 2.45) is 0 Å². The van der Waals surface area contributed by atoms with Crippen LogP contribution in [0, 0.1) is 4.78 Å². The third kappa shape index (κ3) is 3.68. The zero-order chi connectivity index (χ0) is 16.4. The quantitative estimate of drug-likeness (QED) is 0.847. The fraction of sp³-hybridized carbons (Fsp3) is 0.625. The summed E-state index contributed by atoms with van der Waals surface area (Å²) in [6.07, 6.45) is 1.06. The van der Waals surface area contributed by atoms with Crippen molar-refractivity contribution in [3.05, 3.63) is 29.8 Å². The number of fused-ring (bicyclic) bond motifs is 1. The predicted octanol–water partition coefficient (Wildman–Crippen LogP) is 1.15. The Kier molecular flexibility index (Phi) is 4.91. The van der Waals surface area contributed by atoms with Gasteiger partial charge in [-0.05, 0) is 32.0 Å². The second-order valence-corrected chi connectivity index (χ2v) is 8.38. The molecule has 7 heteroatoms. The molecule has 0 aromatic heterocycles. The third-order valence-corrected chi connectivity index (χ3v) is 6.51. The molecule has 1 saturated heterocycles. The molecule has 1 aromatic carbocycles. The van der Waals surface area contributed by atoms with Crippen LogP contribution in [0.25, 0.3) is 0 Å². The second kappa shape index (κ2) is 6.76. The van der Waals surface area contributed by atoms with Crippen LogP contribution in [0.5, 0.6) is 0 Å². The molecule has 2 aliphatic rings. The third-order valence-electron chi connectivity index (χ3n) is 4.86. The lowest BCUT2D eigenvalue weighted by Gasteiger charge is -2.34. The van der Waals surface area contributed by atoms with E-state index in [1.165, 1.54) is 11.3 Å².